The van der Waals surface area contributed by atoms with E-state index in [0.29, 0.717) is 38.1 Å². The summed E-state index contributed by atoms with van der Waals surface area (Å²) >= 11 is 0. The highest BCUT2D eigenvalue weighted by Crippen LogP contribution is 2.64. The lowest BCUT2D eigenvalue weighted by Crippen LogP contribution is -2.74. The summed E-state index contributed by atoms with van der Waals surface area (Å²) in [6.45, 7) is 0. The van der Waals surface area contributed by atoms with Crippen molar-refractivity contribution in [1.29, 1.82) is 0 Å². The standard InChI is InChI=1S/C22H31F17O3Si/c1-40-43(41-2,42-3)14-12-10-8-6-4-5-7-9-11-13-15(23,24)16(25,26)17(27,28)18(29,30)19(31,32)20(33,34)21(35,36)22(37,38)39/h4-14H2,1-3H3. The fourth-order valence-corrected chi connectivity index (χ4v) is 5.63. The van der Waals surface area contributed by atoms with Crippen molar-refractivity contribution in [3.63, 3.8) is 0 Å². The van der Waals surface area contributed by atoms with Crippen LogP contribution in [0.15, 0.2) is 0 Å². The van der Waals surface area contributed by atoms with Crippen LogP contribution in [0.1, 0.15) is 64.2 Å². The van der Waals surface area contributed by atoms with Gasteiger partial charge in [0.2, 0.25) is 0 Å². The van der Waals surface area contributed by atoms with Gasteiger partial charge in [0.25, 0.3) is 0 Å². The van der Waals surface area contributed by atoms with Crippen molar-refractivity contribution >= 4 is 8.80 Å². The van der Waals surface area contributed by atoms with E-state index in [1.165, 1.54) is 21.3 Å². The Hall–Kier alpha value is -1.09. The van der Waals surface area contributed by atoms with E-state index in [1.54, 1.807) is 0 Å². The number of hydrogen-bond donors (Lipinski definition) is 0. The maximum atomic E-state index is 13.9. The minimum atomic E-state index is -8.59. The van der Waals surface area contributed by atoms with Gasteiger partial charge in [0.1, 0.15) is 0 Å². The highest BCUT2D eigenvalue weighted by molar-refractivity contribution is 6.60. The predicted octanol–water partition coefficient (Wildman–Crippen LogP) is 9.77. The van der Waals surface area contributed by atoms with Gasteiger partial charge >= 0.3 is 56.4 Å². The Balaban J connectivity index is 5.15. The van der Waals surface area contributed by atoms with Gasteiger partial charge in [-0.2, -0.15) is 74.6 Å². The Morgan fingerprint density at radius 1 is 0.372 bits per heavy atom. The van der Waals surface area contributed by atoms with Crippen LogP contribution in [0.2, 0.25) is 6.04 Å². The first-order valence-electron chi connectivity index (χ1n) is 12.5. The minimum Gasteiger partial charge on any atom is -0.377 e. The molecule has 260 valence electrons. The molecule has 0 aromatic carbocycles. The van der Waals surface area contributed by atoms with Crippen LogP contribution in [-0.4, -0.2) is 77.8 Å². The van der Waals surface area contributed by atoms with Gasteiger partial charge in [0.15, 0.2) is 0 Å². The van der Waals surface area contributed by atoms with Gasteiger partial charge in [0, 0.05) is 33.8 Å². The zero-order valence-corrected chi connectivity index (χ0v) is 23.9. The van der Waals surface area contributed by atoms with Crippen LogP contribution in [-0.2, 0) is 13.3 Å². The Morgan fingerprint density at radius 2 is 0.651 bits per heavy atom. The van der Waals surface area contributed by atoms with Gasteiger partial charge in [0.05, 0.1) is 0 Å². The first-order chi connectivity index (χ1) is 19.1. The summed E-state index contributed by atoms with van der Waals surface area (Å²) in [4.78, 5) is 0. The molecule has 0 aromatic heterocycles. The van der Waals surface area contributed by atoms with E-state index in [2.05, 4.69) is 0 Å². The monoisotopic (exact) mass is 694 g/mol. The van der Waals surface area contributed by atoms with E-state index >= 15 is 0 Å². The van der Waals surface area contributed by atoms with Crippen LogP contribution in [0, 0.1) is 0 Å². The summed E-state index contributed by atoms with van der Waals surface area (Å²) < 4.78 is 241. The molecular formula is C22H31F17O3Si. The van der Waals surface area contributed by atoms with E-state index in [9.17, 15) is 74.6 Å². The molecule has 0 aliphatic carbocycles. The summed E-state index contributed by atoms with van der Waals surface area (Å²) in [5.74, 6) is -55.9. The van der Waals surface area contributed by atoms with Gasteiger partial charge < -0.3 is 13.3 Å². The minimum absolute atomic E-state index is 0.0398. The first kappa shape index (κ1) is 41.9. The molecule has 3 nitrogen and oxygen atoms in total. The smallest absolute Gasteiger partial charge is 0.377 e. The maximum Gasteiger partial charge on any atom is 0.500 e. The third kappa shape index (κ3) is 8.20. The summed E-state index contributed by atoms with van der Waals surface area (Å²) in [6, 6.07) is 0.528. The average molecular weight is 695 g/mol. The second kappa shape index (κ2) is 14.6. The lowest BCUT2D eigenvalue weighted by atomic mass is 9.87. The van der Waals surface area contributed by atoms with Crippen molar-refractivity contribution in [1.82, 2.24) is 0 Å². The maximum absolute atomic E-state index is 13.9. The van der Waals surface area contributed by atoms with Crippen molar-refractivity contribution < 1.29 is 87.9 Å². The van der Waals surface area contributed by atoms with Crippen LogP contribution < -0.4 is 0 Å². The molecule has 0 heterocycles. The molecule has 0 aromatic rings. The highest BCUT2D eigenvalue weighted by atomic mass is 28.4. The predicted molar refractivity (Wildman–Crippen MR) is 118 cm³/mol. The molecule has 0 radical (unpaired) electrons. The molecule has 0 unspecified atom stereocenters. The molecular weight excluding hydrogens is 663 g/mol. The van der Waals surface area contributed by atoms with E-state index in [0.717, 1.165) is 6.42 Å². The van der Waals surface area contributed by atoms with Gasteiger partial charge in [-0.3, -0.25) is 0 Å². The lowest BCUT2D eigenvalue weighted by molar-refractivity contribution is -0.461. The summed E-state index contributed by atoms with van der Waals surface area (Å²) in [6.07, 6.45) is -7.99. The first-order valence-corrected chi connectivity index (χ1v) is 14.4. The fraction of sp³-hybridized carbons (Fsp3) is 1.00. The number of hydrogen-bond acceptors (Lipinski definition) is 3. The van der Waals surface area contributed by atoms with E-state index in [4.69, 9.17) is 13.3 Å². The van der Waals surface area contributed by atoms with E-state index < -0.39 is 69.3 Å². The zero-order chi connectivity index (χ0) is 34.4. The summed E-state index contributed by atoms with van der Waals surface area (Å²) in [5, 5.41) is 0. The SMILES string of the molecule is CO[Si](CCCCCCCCCCCC(F)(F)C(F)(F)C(F)(F)C(F)(F)C(F)(F)C(F)(F)C(F)(F)C(F)(F)F)(OC)OC. The van der Waals surface area contributed by atoms with Crippen molar-refractivity contribution in [3.8, 4) is 0 Å². The Kier molecular flexibility index (Phi) is 14.2. The molecule has 43 heavy (non-hydrogen) atoms. The summed E-state index contributed by atoms with van der Waals surface area (Å²) in [7, 11) is 1.56. The number of alkyl halides is 17. The topological polar surface area (TPSA) is 27.7 Å². The quantitative estimate of drug-likeness (QED) is 0.0681. The Bertz CT molecular complexity index is 837. The largest absolute Gasteiger partial charge is 0.500 e. The van der Waals surface area contributed by atoms with Crippen molar-refractivity contribution in [3.05, 3.63) is 0 Å². The number of unbranched alkanes of at least 4 members (excludes halogenated alkanes) is 8. The zero-order valence-electron chi connectivity index (χ0n) is 22.9. The van der Waals surface area contributed by atoms with Crippen LogP contribution >= 0.6 is 0 Å². The van der Waals surface area contributed by atoms with E-state index in [1.807, 2.05) is 0 Å². The molecule has 0 bridgehead atoms. The average Bonchev–Trinajstić information content (AvgIpc) is 2.88. The molecule has 0 atom stereocenters. The van der Waals surface area contributed by atoms with Crippen molar-refractivity contribution in [2.24, 2.45) is 0 Å². The molecule has 0 N–H and O–H groups in total. The number of rotatable bonds is 21. The fourth-order valence-electron chi connectivity index (χ4n) is 3.84. The summed E-state index contributed by atoms with van der Waals surface area (Å²) in [5.41, 5.74) is 0. The van der Waals surface area contributed by atoms with Gasteiger partial charge in [-0.15, -0.1) is 0 Å². The third-order valence-corrected chi connectivity index (χ3v) is 9.53. The van der Waals surface area contributed by atoms with Crippen molar-refractivity contribution in [2.75, 3.05) is 21.3 Å². The molecule has 0 saturated heterocycles. The van der Waals surface area contributed by atoms with Crippen LogP contribution in [0.25, 0.3) is 0 Å². The van der Waals surface area contributed by atoms with Gasteiger partial charge in [-0.1, -0.05) is 44.9 Å². The Labute approximate surface area is 236 Å². The molecule has 0 aliphatic heterocycles. The third-order valence-electron chi connectivity index (χ3n) is 6.69. The van der Waals surface area contributed by atoms with Crippen LogP contribution in [0.5, 0.6) is 0 Å². The molecule has 0 aliphatic rings. The normalized spacial score (nSPS) is 15.3. The molecule has 21 heteroatoms. The molecule has 0 saturated carbocycles. The molecule has 0 amide bonds. The second-order valence-corrected chi connectivity index (χ2v) is 12.7. The van der Waals surface area contributed by atoms with Crippen LogP contribution in [0.4, 0.5) is 74.6 Å². The van der Waals surface area contributed by atoms with Gasteiger partial charge in [-0.25, -0.2) is 0 Å². The van der Waals surface area contributed by atoms with Crippen molar-refractivity contribution in [2.45, 2.75) is 118 Å². The molecule has 0 rings (SSSR count). The van der Waals surface area contributed by atoms with Gasteiger partial charge in [-0.05, 0) is 12.8 Å². The lowest BCUT2D eigenvalue weighted by Gasteiger charge is -2.42. The van der Waals surface area contributed by atoms with Crippen LogP contribution in [0.3, 0.4) is 0 Å². The molecule has 0 spiro atoms. The Morgan fingerprint density at radius 3 is 0.977 bits per heavy atom. The highest BCUT2D eigenvalue weighted by Gasteiger charge is 2.95. The van der Waals surface area contributed by atoms with E-state index in [-0.39, 0.29) is 12.8 Å². The number of halogens is 17. The second-order valence-electron chi connectivity index (χ2n) is 9.63. The molecule has 0 fully saturated rings.